The second-order valence-corrected chi connectivity index (χ2v) is 10.1. The van der Waals surface area contributed by atoms with Crippen LogP contribution >= 0.6 is 12.6 Å². The van der Waals surface area contributed by atoms with Crippen LogP contribution in [0.2, 0.25) is 0 Å². The molecule has 0 spiro atoms. The van der Waals surface area contributed by atoms with E-state index in [0.717, 1.165) is 24.8 Å². The zero-order valence-corrected chi connectivity index (χ0v) is 20.3. The molecule has 1 amide bonds. The summed E-state index contributed by atoms with van der Waals surface area (Å²) in [6.45, 7) is 4.38. The smallest absolute Gasteiger partial charge is 0.326 e. The molecule has 1 aromatic rings. The molecule has 9 heteroatoms. The van der Waals surface area contributed by atoms with Crippen LogP contribution in [0, 0.1) is 11.7 Å². The predicted octanol–water partition coefficient (Wildman–Crippen LogP) is 2.39. The van der Waals surface area contributed by atoms with E-state index in [1.807, 2.05) is 4.90 Å². The molecule has 1 aromatic carbocycles. The fourth-order valence-corrected chi connectivity index (χ4v) is 5.11. The Kier molecular flexibility index (Phi) is 7.74. The SMILES string of the molecule is CC(C(=O)O)N1CCN(CC=C2CN(C(C(=O)C3CC3)c3ccccc3F)CCC2S)CC1=O. The fourth-order valence-electron chi connectivity index (χ4n) is 4.81. The molecule has 1 aliphatic carbocycles. The van der Waals surface area contributed by atoms with Crippen LogP contribution in [-0.2, 0) is 14.4 Å². The van der Waals surface area contributed by atoms with Crippen LogP contribution in [0.3, 0.4) is 0 Å². The summed E-state index contributed by atoms with van der Waals surface area (Å²) in [4.78, 5) is 42.3. The third-order valence-corrected chi connectivity index (χ3v) is 7.68. The molecule has 3 aliphatic rings. The predicted molar refractivity (Wildman–Crippen MR) is 129 cm³/mol. The standard InChI is InChI=1S/C25H32FN3O4S/c1-16(25(32)33)29-13-12-27(15-22(29)30)10-8-18-14-28(11-9-21(18)34)23(24(31)17-6-7-17)19-4-2-3-5-20(19)26/h2-5,8,16-17,21,23,34H,6-7,9-15H2,1H3,(H,32,33). The number of likely N-dealkylation sites (tertiary alicyclic amines) is 1. The summed E-state index contributed by atoms with van der Waals surface area (Å²) in [6, 6.07) is 5.10. The highest BCUT2D eigenvalue weighted by atomic mass is 32.1. The minimum atomic E-state index is -1.01. The number of Topliss-reactive ketones (excluding diaryl/α,β-unsaturated/α-hetero) is 1. The van der Waals surface area contributed by atoms with Crippen molar-refractivity contribution in [3.8, 4) is 0 Å². The molecule has 3 unspecified atom stereocenters. The molecule has 2 aliphatic heterocycles. The summed E-state index contributed by atoms with van der Waals surface area (Å²) >= 11 is 4.74. The maximum absolute atomic E-state index is 14.7. The summed E-state index contributed by atoms with van der Waals surface area (Å²) in [5.41, 5.74) is 1.50. The van der Waals surface area contributed by atoms with Crippen LogP contribution in [0.5, 0.6) is 0 Å². The zero-order chi connectivity index (χ0) is 24.4. The van der Waals surface area contributed by atoms with Crippen LogP contribution in [-0.4, -0.2) is 88.0 Å². The van der Waals surface area contributed by atoms with E-state index in [2.05, 4.69) is 11.0 Å². The lowest BCUT2D eigenvalue weighted by Crippen LogP contribution is -2.55. The number of carbonyl (C=O) groups is 3. The third-order valence-electron chi connectivity index (χ3n) is 7.09. The first-order valence-electron chi connectivity index (χ1n) is 11.9. The number of rotatable bonds is 8. The average molecular weight is 490 g/mol. The lowest BCUT2D eigenvalue weighted by atomic mass is 9.93. The van der Waals surface area contributed by atoms with Crippen molar-refractivity contribution in [1.82, 2.24) is 14.7 Å². The van der Waals surface area contributed by atoms with Crippen molar-refractivity contribution in [1.29, 1.82) is 0 Å². The number of halogens is 1. The van der Waals surface area contributed by atoms with Gasteiger partial charge in [0.25, 0.3) is 0 Å². The van der Waals surface area contributed by atoms with Gasteiger partial charge in [-0.25, -0.2) is 9.18 Å². The van der Waals surface area contributed by atoms with Gasteiger partial charge in [-0.1, -0.05) is 24.3 Å². The molecule has 3 fully saturated rings. The Balaban J connectivity index is 1.45. The number of carbonyl (C=O) groups excluding carboxylic acids is 2. The molecule has 0 radical (unpaired) electrons. The molecule has 2 heterocycles. The Hall–Kier alpha value is -2.23. The molecule has 7 nitrogen and oxygen atoms in total. The van der Waals surface area contributed by atoms with Gasteiger partial charge >= 0.3 is 5.97 Å². The number of piperazine rings is 1. The number of amides is 1. The Labute approximate surface area is 205 Å². The van der Waals surface area contributed by atoms with Crippen molar-refractivity contribution in [3.05, 3.63) is 47.3 Å². The number of aliphatic carboxylic acids is 1. The van der Waals surface area contributed by atoms with Gasteiger partial charge < -0.3 is 10.0 Å². The van der Waals surface area contributed by atoms with Crippen molar-refractivity contribution in [2.24, 2.45) is 5.92 Å². The fraction of sp³-hybridized carbons (Fsp3) is 0.560. The van der Waals surface area contributed by atoms with Crippen LogP contribution in [0.4, 0.5) is 4.39 Å². The largest absolute Gasteiger partial charge is 0.480 e. The minimum Gasteiger partial charge on any atom is -0.480 e. The van der Waals surface area contributed by atoms with E-state index in [-0.39, 0.29) is 35.2 Å². The van der Waals surface area contributed by atoms with Crippen molar-refractivity contribution in [2.45, 2.75) is 43.5 Å². The molecule has 1 N–H and O–H groups in total. The highest BCUT2D eigenvalue weighted by molar-refractivity contribution is 7.81. The first-order valence-corrected chi connectivity index (χ1v) is 12.4. The molecular formula is C25H32FN3O4S. The third kappa shape index (κ3) is 5.53. The number of benzene rings is 1. The van der Waals surface area contributed by atoms with Crippen LogP contribution in [0.25, 0.3) is 0 Å². The topological polar surface area (TPSA) is 81.2 Å². The van der Waals surface area contributed by atoms with E-state index in [1.54, 1.807) is 18.2 Å². The van der Waals surface area contributed by atoms with Crippen molar-refractivity contribution < 1.29 is 23.9 Å². The second kappa shape index (κ2) is 10.6. The van der Waals surface area contributed by atoms with Gasteiger partial charge in [0.1, 0.15) is 11.9 Å². The van der Waals surface area contributed by atoms with E-state index in [0.29, 0.717) is 38.3 Å². The van der Waals surface area contributed by atoms with Gasteiger partial charge in [-0.15, -0.1) is 0 Å². The number of ketones is 1. The Bertz CT molecular complexity index is 983. The second-order valence-electron chi connectivity index (χ2n) is 9.49. The molecule has 4 rings (SSSR count). The Morgan fingerprint density at radius 3 is 2.56 bits per heavy atom. The number of piperidine rings is 1. The Morgan fingerprint density at radius 1 is 1.18 bits per heavy atom. The zero-order valence-electron chi connectivity index (χ0n) is 19.4. The number of hydrogen-bond acceptors (Lipinski definition) is 6. The maximum Gasteiger partial charge on any atom is 0.326 e. The number of nitrogens with zero attached hydrogens (tertiary/aromatic N) is 3. The summed E-state index contributed by atoms with van der Waals surface area (Å²) in [7, 11) is 0. The average Bonchev–Trinajstić information content (AvgIpc) is 3.65. The van der Waals surface area contributed by atoms with E-state index in [9.17, 15) is 23.9 Å². The number of hydrogen-bond donors (Lipinski definition) is 2. The summed E-state index contributed by atoms with van der Waals surface area (Å²) in [6.07, 6.45) is 4.56. The van der Waals surface area contributed by atoms with E-state index in [4.69, 9.17) is 12.6 Å². The molecular weight excluding hydrogens is 457 g/mol. The summed E-state index contributed by atoms with van der Waals surface area (Å²) < 4.78 is 14.7. The highest BCUT2D eigenvalue weighted by Crippen LogP contribution is 2.39. The van der Waals surface area contributed by atoms with Gasteiger partial charge in [0.15, 0.2) is 5.78 Å². The lowest BCUT2D eigenvalue weighted by molar-refractivity contribution is -0.152. The minimum absolute atomic E-state index is 0.0151. The van der Waals surface area contributed by atoms with Crippen LogP contribution < -0.4 is 0 Å². The van der Waals surface area contributed by atoms with Crippen molar-refractivity contribution in [2.75, 3.05) is 39.3 Å². The van der Waals surface area contributed by atoms with Gasteiger partial charge in [-0.05, 0) is 37.8 Å². The van der Waals surface area contributed by atoms with Crippen molar-refractivity contribution >= 4 is 30.3 Å². The summed E-state index contributed by atoms with van der Waals surface area (Å²) in [5.74, 6) is -1.44. The lowest BCUT2D eigenvalue weighted by Gasteiger charge is -2.38. The molecule has 0 aromatic heterocycles. The van der Waals surface area contributed by atoms with E-state index >= 15 is 0 Å². The number of carboxylic acid groups (broad SMARTS) is 1. The summed E-state index contributed by atoms with van der Waals surface area (Å²) in [5, 5.41) is 9.23. The van der Waals surface area contributed by atoms with Gasteiger partial charge in [-0.2, -0.15) is 12.6 Å². The number of thiol groups is 1. The van der Waals surface area contributed by atoms with Gasteiger partial charge in [0, 0.05) is 49.5 Å². The monoisotopic (exact) mass is 489 g/mol. The number of carboxylic acids is 1. The molecule has 1 saturated carbocycles. The highest BCUT2D eigenvalue weighted by Gasteiger charge is 2.41. The van der Waals surface area contributed by atoms with Crippen LogP contribution in [0.1, 0.15) is 37.8 Å². The van der Waals surface area contributed by atoms with Gasteiger partial charge in [-0.3, -0.25) is 19.4 Å². The first-order chi connectivity index (χ1) is 16.3. The van der Waals surface area contributed by atoms with Crippen LogP contribution in [0.15, 0.2) is 35.9 Å². The quantitative estimate of drug-likeness (QED) is 0.431. The molecule has 0 bridgehead atoms. The maximum atomic E-state index is 14.7. The van der Waals surface area contributed by atoms with Crippen molar-refractivity contribution in [3.63, 3.8) is 0 Å². The molecule has 3 atom stereocenters. The molecule has 34 heavy (non-hydrogen) atoms. The normalized spacial score (nSPS) is 25.4. The Morgan fingerprint density at radius 2 is 1.91 bits per heavy atom. The first kappa shape index (κ1) is 24.9. The van der Waals surface area contributed by atoms with E-state index < -0.39 is 18.1 Å². The molecule has 184 valence electrons. The molecule has 2 saturated heterocycles. The van der Waals surface area contributed by atoms with Gasteiger partial charge in [0.05, 0.1) is 12.6 Å². The van der Waals surface area contributed by atoms with Gasteiger partial charge in [0.2, 0.25) is 5.91 Å². The van der Waals surface area contributed by atoms with E-state index in [1.165, 1.54) is 17.9 Å².